The third kappa shape index (κ3) is 2.86. The van der Waals surface area contributed by atoms with Crippen molar-refractivity contribution in [2.75, 3.05) is 19.8 Å². The van der Waals surface area contributed by atoms with Crippen molar-refractivity contribution in [3.8, 4) is 0 Å². The summed E-state index contributed by atoms with van der Waals surface area (Å²) in [6.45, 7) is 1.91. The van der Waals surface area contributed by atoms with Crippen molar-refractivity contribution in [3.05, 3.63) is 33.8 Å². The molecule has 2 unspecified atom stereocenters. The molecule has 0 saturated carbocycles. The van der Waals surface area contributed by atoms with E-state index in [4.69, 9.17) is 32.7 Å². The second-order valence-corrected chi connectivity index (χ2v) is 6.42. The number of hydrogen-bond donors (Lipinski definition) is 0. The summed E-state index contributed by atoms with van der Waals surface area (Å²) in [7, 11) is 0. The van der Waals surface area contributed by atoms with Crippen LogP contribution in [0.4, 0.5) is 0 Å². The molecular formula is C15H16Cl2O3. The van der Waals surface area contributed by atoms with Gasteiger partial charge in [-0.3, -0.25) is 4.79 Å². The summed E-state index contributed by atoms with van der Waals surface area (Å²) in [4.78, 5) is 12.6. The van der Waals surface area contributed by atoms with E-state index in [1.165, 1.54) is 0 Å². The Kier molecular flexibility index (Phi) is 4.04. The van der Waals surface area contributed by atoms with Crippen LogP contribution >= 0.6 is 23.2 Å². The molecule has 2 heterocycles. The zero-order valence-corrected chi connectivity index (χ0v) is 12.5. The summed E-state index contributed by atoms with van der Waals surface area (Å²) in [6, 6.07) is 5.00. The molecule has 0 radical (unpaired) electrons. The lowest BCUT2D eigenvalue weighted by Gasteiger charge is -2.36. The summed E-state index contributed by atoms with van der Waals surface area (Å²) in [5.41, 5.74) is 0.324. The molecule has 2 aliphatic heterocycles. The maximum atomic E-state index is 12.6. The lowest BCUT2D eigenvalue weighted by Crippen LogP contribution is -2.42. The molecule has 0 bridgehead atoms. The maximum absolute atomic E-state index is 12.6. The normalized spacial score (nSPS) is 29.8. The highest BCUT2D eigenvalue weighted by Crippen LogP contribution is 2.37. The predicted molar refractivity (Wildman–Crippen MR) is 77.6 cm³/mol. The van der Waals surface area contributed by atoms with Crippen LogP contribution in [-0.4, -0.2) is 31.2 Å². The molecule has 2 fully saturated rings. The van der Waals surface area contributed by atoms with E-state index in [0.717, 1.165) is 19.3 Å². The lowest BCUT2D eigenvalue weighted by molar-refractivity contribution is -0.0920. The molecule has 1 spiro atoms. The molecule has 3 rings (SSSR count). The van der Waals surface area contributed by atoms with Crippen LogP contribution in [0.1, 0.15) is 29.6 Å². The highest BCUT2D eigenvalue weighted by molar-refractivity contribution is 6.35. The van der Waals surface area contributed by atoms with Gasteiger partial charge in [0.1, 0.15) is 0 Å². The topological polar surface area (TPSA) is 35.5 Å². The van der Waals surface area contributed by atoms with Gasteiger partial charge in [-0.1, -0.05) is 23.2 Å². The number of Topliss-reactive ketones (excluding diaryl/α,β-unsaturated/α-hetero) is 1. The Morgan fingerprint density at radius 3 is 2.60 bits per heavy atom. The third-order valence-corrected chi connectivity index (χ3v) is 4.51. The first kappa shape index (κ1) is 14.3. The number of ketones is 1. The Balaban J connectivity index is 1.79. The molecule has 2 aliphatic rings. The van der Waals surface area contributed by atoms with Gasteiger partial charge in [-0.05, 0) is 31.0 Å². The molecule has 3 nitrogen and oxygen atoms in total. The van der Waals surface area contributed by atoms with Crippen LogP contribution in [0.15, 0.2) is 18.2 Å². The van der Waals surface area contributed by atoms with E-state index in [-0.39, 0.29) is 17.3 Å². The Morgan fingerprint density at radius 2 is 1.95 bits per heavy atom. The predicted octanol–water partition coefficient (Wildman–Crippen LogP) is 3.76. The lowest BCUT2D eigenvalue weighted by atomic mass is 9.81. The number of benzene rings is 1. The van der Waals surface area contributed by atoms with Crippen LogP contribution in [0, 0.1) is 5.92 Å². The van der Waals surface area contributed by atoms with Gasteiger partial charge in [0.2, 0.25) is 0 Å². The van der Waals surface area contributed by atoms with Crippen LogP contribution < -0.4 is 0 Å². The number of ether oxygens (including phenoxy) is 2. The van der Waals surface area contributed by atoms with Gasteiger partial charge < -0.3 is 9.47 Å². The number of hydrogen-bond acceptors (Lipinski definition) is 3. The quantitative estimate of drug-likeness (QED) is 0.780. The fourth-order valence-corrected chi connectivity index (χ4v) is 3.57. The van der Waals surface area contributed by atoms with Crippen molar-refractivity contribution in [3.63, 3.8) is 0 Å². The van der Waals surface area contributed by atoms with Crippen LogP contribution in [0.25, 0.3) is 0 Å². The number of carbonyl (C=O) groups excluding carboxylic acids is 1. The molecule has 0 aromatic heterocycles. The van der Waals surface area contributed by atoms with Gasteiger partial charge in [0.25, 0.3) is 0 Å². The molecule has 5 heteroatoms. The van der Waals surface area contributed by atoms with Gasteiger partial charge in [0.15, 0.2) is 5.78 Å². The average Bonchev–Trinajstić information content (AvgIpc) is 2.85. The zero-order valence-electron chi connectivity index (χ0n) is 11.0. The molecule has 0 aliphatic carbocycles. The van der Waals surface area contributed by atoms with Gasteiger partial charge in [-0.25, -0.2) is 0 Å². The number of halogens is 2. The Morgan fingerprint density at radius 1 is 1.20 bits per heavy atom. The van der Waals surface area contributed by atoms with E-state index in [0.29, 0.717) is 35.4 Å². The van der Waals surface area contributed by atoms with Crippen LogP contribution in [-0.2, 0) is 9.47 Å². The molecule has 0 N–H and O–H groups in total. The summed E-state index contributed by atoms with van der Waals surface area (Å²) >= 11 is 11.9. The molecule has 2 atom stereocenters. The largest absolute Gasteiger partial charge is 0.378 e. The van der Waals surface area contributed by atoms with E-state index in [9.17, 15) is 4.79 Å². The second kappa shape index (κ2) is 5.64. The Labute approximate surface area is 128 Å². The molecule has 1 aromatic carbocycles. The van der Waals surface area contributed by atoms with Gasteiger partial charge in [-0.15, -0.1) is 0 Å². The van der Waals surface area contributed by atoms with Gasteiger partial charge in [0, 0.05) is 41.2 Å². The van der Waals surface area contributed by atoms with Crippen molar-refractivity contribution in [2.24, 2.45) is 5.92 Å². The first-order valence-corrected chi connectivity index (χ1v) is 7.56. The van der Waals surface area contributed by atoms with Crippen LogP contribution in [0.5, 0.6) is 0 Å². The highest BCUT2D eigenvalue weighted by Gasteiger charge is 2.43. The van der Waals surface area contributed by atoms with Gasteiger partial charge >= 0.3 is 0 Å². The molecule has 108 valence electrons. The zero-order chi connectivity index (χ0) is 14.2. The van der Waals surface area contributed by atoms with Crippen molar-refractivity contribution < 1.29 is 14.3 Å². The van der Waals surface area contributed by atoms with Crippen molar-refractivity contribution in [1.82, 2.24) is 0 Å². The highest BCUT2D eigenvalue weighted by atomic mass is 35.5. The molecule has 1 aromatic rings. The third-order valence-electron chi connectivity index (χ3n) is 4.08. The van der Waals surface area contributed by atoms with Crippen LogP contribution in [0.2, 0.25) is 10.0 Å². The van der Waals surface area contributed by atoms with E-state index >= 15 is 0 Å². The Hall–Kier alpha value is -0.610. The van der Waals surface area contributed by atoms with Crippen molar-refractivity contribution >= 4 is 29.0 Å². The molecule has 0 amide bonds. The first-order valence-electron chi connectivity index (χ1n) is 6.80. The standard InChI is InChI=1S/C15H16Cl2O3/c16-12-5-11(6-13(17)7-12)14(18)10-1-3-20-15(8-10)2-4-19-9-15/h5-7,10H,1-4,8-9H2. The average molecular weight is 315 g/mol. The summed E-state index contributed by atoms with van der Waals surface area (Å²) in [5, 5.41) is 0.985. The van der Waals surface area contributed by atoms with Crippen LogP contribution in [0.3, 0.4) is 0 Å². The summed E-state index contributed by atoms with van der Waals surface area (Å²) < 4.78 is 11.3. The molecular weight excluding hydrogens is 299 g/mol. The monoisotopic (exact) mass is 314 g/mol. The second-order valence-electron chi connectivity index (χ2n) is 5.55. The van der Waals surface area contributed by atoms with E-state index in [2.05, 4.69) is 0 Å². The minimum Gasteiger partial charge on any atom is -0.378 e. The summed E-state index contributed by atoms with van der Waals surface area (Å²) in [5.74, 6) is 0.0592. The number of carbonyl (C=O) groups is 1. The van der Waals surface area contributed by atoms with Gasteiger partial charge in [0.05, 0.1) is 12.2 Å². The Bertz CT molecular complexity index is 504. The van der Waals surface area contributed by atoms with Crippen molar-refractivity contribution in [2.45, 2.75) is 24.9 Å². The fraction of sp³-hybridized carbons (Fsp3) is 0.533. The molecule has 2 saturated heterocycles. The van der Waals surface area contributed by atoms with Crippen molar-refractivity contribution in [1.29, 1.82) is 0 Å². The van der Waals surface area contributed by atoms with E-state index in [1.54, 1.807) is 18.2 Å². The van der Waals surface area contributed by atoms with E-state index < -0.39 is 0 Å². The SMILES string of the molecule is O=C(c1cc(Cl)cc(Cl)c1)C1CCOC2(CCOC2)C1. The molecule has 20 heavy (non-hydrogen) atoms. The minimum absolute atomic E-state index is 0.0417. The van der Waals surface area contributed by atoms with E-state index in [1.807, 2.05) is 0 Å². The number of rotatable bonds is 2. The van der Waals surface area contributed by atoms with Gasteiger partial charge in [-0.2, -0.15) is 0 Å². The first-order chi connectivity index (χ1) is 9.58. The summed E-state index contributed by atoms with van der Waals surface area (Å²) in [6.07, 6.45) is 2.33. The smallest absolute Gasteiger partial charge is 0.166 e. The minimum atomic E-state index is -0.263. The fourth-order valence-electron chi connectivity index (χ4n) is 3.05. The maximum Gasteiger partial charge on any atom is 0.166 e.